The Morgan fingerprint density at radius 1 is 0.912 bits per heavy atom. The largest absolute Gasteiger partial charge is 0.367 e. The molecule has 0 unspecified atom stereocenters. The first kappa shape index (κ1) is 22.0. The van der Waals surface area contributed by atoms with Crippen molar-refractivity contribution in [2.24, 2.45) is 19.1 Å². The van der Waals surface area contributed by atoms with Gasteiger partial charge in [0.25, 0.3) is 5.56 Å². The molecule has 1 aliphatic heterocycles. The van der Waals surface area contributed by atoms with Crippen LogP contribution in [0.2, 0.25) is 0 Å². The van der Waals surface area contributed by atoms with Gasteiger partial charge in [-0.3, -0.25) is 24.0 Å². The van der Waals surface area contributed by atoms with E-state index in [4.69, 9.17) is 4.99 Å². The van der Waals surface area contributed by atoms with E-state index in [1.54, 1.807) is 29.4 Å². The number of nitrogens with one attached hydrogen (secondary N) is 1. The number of anilines is 1. The molecule has 176 valence electrons. The number of aromatic nitrogens is 4. The van der Waals surface area contributed by atoms with Gasteiger partial charge >= 0.3 is 5.69 Å². The number of hydrogen-bond donors (Lipinski definition) is 1. The van der Waals surface area contributed by atoms with Crippen LogP contribution in [0.4, 0.5) is 11.4 Å². The molecule has 3 heterocycles. The Balaban J connectivity index is 1.61. The van der Waals surface area contributed by atoms with Gasteiger partial charge in [0.1, 0.15) is 0 Å². The molecule has 0 bridgehead atoms. The minimum atomic E-state index is -0.151. The molecule has 1 aliphatic rings. The summed E-state index contributed by atoms with van der Waals surface area (Å²) in [5.41, 5.74) is 5.18. The number of benzene rings is 2. The fraction of sp³-hybridized carbons (Fsp3) is 0.320. The maximum absolute atomic E-state index is 13.1. The van der Waals surface area contributed by atoms with Gasteiger partial charge in [-0.2, -0.15) is 0 Å². The summed E-state index contributed by atoms with van der Waals surface area (Å²) in [5, 5.41) is 3.15. The molecule has 9 nitrogen and oxygen atoms in total. The van der Waals surface area contributed by atoms with Crippen LogP contribution in [0.5, 0.6) is 0 Å². The normalized spacial score (nSPS) is 15.1. The third kappa shape index (κ3) is 3.67. The molecule has 5 rings (SSSR count). The third-order valence-electron chi connectivity index (χ3n) is 6.68. The summed E-state index contributed by atoms with van der Waals surface area (Å²) in [6.45, 7) is 5.51. The molecular weight excluding hydrogens is 430 g/mol. The standard InChI is InChI=1S/C25H29N7O2/c1-17-19(24(33)32(27-17)18-8-6-5-7-9-18)16-26-20-14-22-23(30(4)25(34)29(22)3)15-21(20)31-12-10-28(2)11-13-31/h5-9,14-16,27H,10-13H2,1-4H3. The second-order valence-corrected chi connectivity index (χ2v) is 8.91. The maximum atomic E-state index is 13.1. The van der Waals surface area contributed by atoms with E-state index in [0.29, 0.717) is 5.56 Å². The molecule has 0 saturated carbocycles. The van der Waals surface area contributed by atoms with Crippen LogP contribution in [-0.2, 0) is 14.1 Å². The second kappa shape index (κ2) is 8.49. The molecule has 0 radical (unpaired) electrons. The lowest BCUT2D eigenvalue weighted by Gasteiger charge is -2.34. The predicted molar refractivity (Wildman–Crippen MR) is 136 cm³/mol. The van der Waals surface area contributed by atoms with E-state index in [-0.39, 0.29) is 11.2 Å². The van der Waals surface area contributed by atoms with Gasteiger partial charge in [-0.25, -0.2) is 9.48 Å². The van der Waals surface area contributed by atoms with Crippen molar-refractivity contribution < 1.29 is 0 Å². The lowest BCUT2D eigenvalue weighted by molar-refractivity contribution is 0.313. The summed E-state index contributed by atoms with van der Waals surface area (Å²) in [4.78, 5) is 35.1. The van der Waals surface area contributed by atoms with Crippen molar-refractivity contribution >= 4 is 28.6 Å². The minimum absolute atomic E-state index is 0.0762. The minimum Gasteiger partial charge on any atom is -0.367 e. The topological polar surface area (TPSA) is 83.6 Å². The van der Waals surface area contributed by atoms with Crippen LogP contribution in [0.15, 0.2) is 57.0 Å². The van der Waals surface area contributed by atoms with Crippen molar-refractivity contribution in [2.45, 2.75) is 6.92 Å². The molecule has 2 aromatic carbocycles. The Labute approximate surface area is 197 Å². The molecule has 4 aromatic rings. The zero-order chi connectivity index (χ0) is 24.0. The molecule has 0 amide bonds. The molecule has 0 spiro atoms. The molecule has 1 fully saturated rings. The highest BCUT2D eigenvalue weighted by atomic mass is 16.1. The van der Waals surface area contributed by atoms with Gasteiger partial charge in [-0.05, 0) is 38.2 Å². The van der Waals surface area contributed by atoms with Crippen LogP contribution in [-0.4, -0.2) is 63.3 Å². The number of aromatic amines is 1. The van der Waals surface area contributed by atoms with Crippen LogP contribution in [0.1, 0.15) is 11.3 Å². The Hall–Kier alpha value is -3.85. The number of fused-ring (bicyclic) bond motifs is 1. The number of hydrogen-bond acceptors (Lipinski definition) is 5. The number of nitrogens with zero attached hydrogens (tertiary/aromatic N) is 6. The fourth-order valence-corrected chi connectivity index (χ4v) is 4.53. The molecule has 2 aromatic heterocycles. The number of aryl methyl sites for hydroxylation is 3. The SMILES string of the molecule is Cc1[nH]n(-c2ccccc2)c(=O)c1C=Nc1cc2c(cc1N1CCN(C)CC1)n(C)c(=O)n2C. The third-order valence-corrected chi connectivity index (χ3v) is 6.68. The summed E-state index contributed by atoms with van der Waals surface area (Å²) >= 11 is 0. The molecular formula is C25H29N7O2. The molecule has 9 heteroatoms. The van der Waals surface area contributed by atoms with Gasteiger partial charge in [0.05, 0.1) is 33.7 Å². The van der Waals surface area contributed by atoms with Crippen molar-refractivity contribution in [2.75, 3.05) is 38.1 Å². The quantitative estimate of drug-likeness (QED) is 0.474. The highest BCUT2D eigenvalue weighted by molar-refractivity contribution is 5.91. The molecule has 0 atom stereocenters. The molecule has 34 heavy (non-hydrogen) atoms. The summed E-state index contributed by atoms with van der Waals surface area (Å²) < 4.78 is 4.82. The first-order valence-electron chi connectivity index (χ1n) is 11.4. The number of para-hydroxylation sites is 1. The van der Waals surface area contributed by atoms with Crippen molar-refractivity contribution in [3.63, 3.8) is 0 Å². The summed E-state index contributed by atoms with van der Waals surface area (Å²) in [6.07, 6.45) is 1.63. The Morgan fingerprint density at radius 3 is 2.24 bits per heavy atom. The smallest absolute Gasteiger partial charge is 0.328 e. The highest BCUT2D eigenvalue weighted by Crippen LogP contribution is 2.34. The lowest BCUT2D eigenvalue weighted by Crippen LogP contribution is -2.44. The summed E-state index contributed by atoms with van der Waals surface area (Å²) in [6, 6.07) is 13.5. The fourth-order valence-electron chi connectivity index (χ4n) is 4.53. The van der Waals surface area contributed by atoms with E-state index in [1.165, 1.54) is 4.68 Å². The molecule has 0 aliphatic carbocycles. The monoisotopic (exact) mass is 459 g/mol. The predicted octanol–water partition coefficient (Wildman–Crippen LogP) is 2.17. The van der Waals surface area contributed by atoms with E-state index in [0.717, 1.165) is 60.0 Å². The first-order chi connectivity index (χ1) is 16.3. The lowest BCUT2D eigenvalue weighted by atomic mass is 10.2. The molecule has 1 saturated heterocycles. The van der Waals surface area contributed by atoms with Gasteiger partial charge < -0.3 is 9.80 Å². The maximum Gasteiger partial charge on any atom is 0.328 e. The van der Waals surface area contributed by atoms with Gasteiger partial charge in [0.2, 0.25) is 0 Å². The van der Waals surface area contributed by atoms with Gasteiger partial charge in [0, 0.05) is 52.2 Å². The van der Waals surface area contributed by atoms with Crippen LogP contribution in [0, 0.1) is 6.92 Å². The molecule has 1 N–H and O–H groups in total. The Bertz CT molecular complexity index is 1500. The van der Waals surface area contributed by atoms with Crippen LogP contribution >= 0.6 is 0 Å². The van der Waals surface area contributed by atoms with Gasteiger partial charge in [-0.1, -0.05) is 18.2 Å². The average molecular weight is 460 g/mol. The zero-order valence-corrected chi connectivity index (χ0v) is 19.9. The number of imidazole rings is 1. The van der Waals surface area contributed by atoms with Crippen molar-refractivity contribution in [1.82, 2.24) is 23.8 Å². The van der Waals surface area contributed by atoms with Crippen molar-refractivity contribution in [1.29, 1.82) is 0 Å². The second-order valence-electron chi connectivity index (χ2n) is 8.91. The Morgan fingerprint density at radius 2 is 1.56 bits per heavy atom. The Kier molecular flexibility index (Phi) is 5.49. The van der Waals surface area contributed by atoms with Crippen LogP contribution in [0.3, 0.4) is 0 Å². The number of H-pyrrole nitrogens is 1. The summed E-state index contributed by atoms with van der Waals surface area (Å²) in [5.74, 6) is 0. The van der Waals surface area contributed by atoms with E-state index in [2.05, 4.69) is 21.9 Å². The summed E-state index contributed by atoms with van der Waals surface area (Å²) in [7, 11) is 5.67. The highest BCUT2D eigenvalue weighted by Gasteiger charge is 2.20. The van der Waals surface area contributed by atoms with E-state index < -0.39 is 0 Å². The van der Waals surface area contributed by atoms with Crippen LogP contribution in [0.25, 0.3) is 16.7 Å². The van der Waals surface area contributed by atoms with Crippen molar-refractivity contribution in [3.05, 3.63) is 74.6 Å². The van der Waals surface area contributed by atoms with Gasteiger partial charge in [-0.15, -0.1) is 0 Å². The number of rotatable bonds is 4. The number of likely N-dealkylation sites (N-methyl/N-ethyl adjacent to an activating group) is 1. The number of aliphatic imine (C=N–C) groups is 1. The van der Waals surface area contributed by atoms with Crippen LogP contribution < -0.4 is 16.1 Å². The first-order valence-corrected chi connectivity index (χ1v) is 11.4. The van der Waals surface area contributed by atoms with E-state index in [9.17, 15) is 9.59 Å². The van der Waals surface area contributed by atoms with E-state index in [1.807, 2.05) is 49.4 Å². The zero-order valence-electron chi connectivity index (χ0n) is 19.9. The van der Waals surface area contributed by atoms with Gasteiger partial charge in [0.15, 0.2) is 0 Å². The number of piperazine rings is 1. The average Bonchev–Trinajstić information content (AvgIpc) is 3.25. The van der Waals surface area contributed by atoms with Crippen molar-refractivity contribution in [3.8, 4) is 5.69 Å². The van der Waals surface area contributed by atoms with E-state index >= 15 is 0 Å².